The fourth-order valence-corrected chi connectivity index (χ4v) is 1.75. The smallest absolute Gasteiger partial charge is 0.0707 e. The maximum atomic E-state index is 10.5. The number of aliphatic carboxylic acids is 1. The summed E-state index contributed by atoms with van der Waals surface area (Å²) in [7, 11) is 0. The van der Waals surface area contributed by atoms with Crippen molar-refractivity contribution >= 4 is 37.8 Å². The molecule has 0 spiro atoms. The van der Waals surface area contributed by atoms with Crippen LogP contribution < -0.4 is 5.11 Å². The molecular formula is C9H7Br2O2-. The van der Waals surface area contributed by atoms with Gasteiger partial charge in [-0.3, -0.25) is 0 Å². The van der Waals surface area contributed by atoms with Gasteiger partial charge >= 0.3 is 0 Å². The number of carboxylic acid groups (broad SMARTS) is 1. The molecule has 0 aliphatic heterocycles. The molecule has 0 bridgehead atoms. The maximum Gasteiger partial charge on any atom is 0.0707 e. The molecule has 0 N–H and O–H groups in total. The summed E-state index contributed by atoms with van der Waals surface area (Å²) in [6, 6.07) is 9.32. The van der Waals surface area contributed by atoms with Crippen LogP contribution >= 0.6 is 31.9 Å². The number of hydrogen-bond donors (Lipinski definition) is 0. The number of benzene rings is 1. The third-order valence-electron chi connectivity index (χ3n) is 1.60. The van der Waals surface area contributed by atoms with Crippen molar-refractivity contribution in [2.24, 2.45) is 0 Å². The van der Waals surface area contributed by atoms with Crippen molar-refractivity contribution in [2.45, 2.75) is 9.65 Å². The predicted molar refractivity (Wildman–Crippen MR) is 55.8 cm³/mol. The lowest BCUT2D eigenvalue weighted by atomic mass is 10.1. The van der Waals surface area contributed by atoms with Gasteiger partial charge in [0.05, 0.1) is 15.6 Å². The van der Waals surface area contributed by atoms with Crippen LogP contribution in [0.5, 0.6) is 0 Å². The topological polar surface area (TPSA) is 40.1 Å². The summed E-state index contributed by atoms with van der Waals surface area (Å²) in [5, 5.41) is 10.5. The van der Waals surface area contributed by atoms with Crippen LogP contribution in [0.4, 0.5) is 0 Å². The van der Waals surface area contributed by atoms with E-state index in [9.17, 15) is 9.90 Å². The van der Waals surface area contributed by atoms with E-state index in [2.05, 4.69) is 31.9 Å². The number of halogens is 2. The summed E-state index contributed by atoms with van der Waals surface area (Å²) >= 11 is 6.32. The minimum absolute atomic E-state index is 0.265. The molecule has 0 saturated carbocycles. The maximum absolute atomic E-state index is 10.5. The Morgan fingerprint density at radius 3 is 2.23 bits per heavy atom. The van der Waals surface area contributed by atoms with Gasteiger partial charge in [-0.25, -0.2) is 0 Å². The quantitative estimate of drug-likeness (QED) is 0.797. The van der Waals surface area contributed by atoms with Crippen molar-refractivity contribution in [1.82, 2.24) is 0 Å². The predicted octanol–water partition coefficient (Wildman–Crippen LogP) is 1.64. The van der Waals surface area contributed by atoms with Crippen molar-refractivity contribution in [2.75, 3.05) is 0 Å². The van der Waals surface area contributed by atoms with E-state index in [0.29, 0.717) is 0 Å². The average molecular weight is 307 g/mol. The molecule has 0 saturated heterocycles. The molecule has 0 unspecified atom stereocenters. The summed E-state index contributed by atoms with van der Waals surface area (Å²) in [4.78, 5) is 9.55. The van der Waals surface area contributed by atoms with Crippen LogP contribution in [0.15, 0.2) is 30.3 Å². The van der Waals surface area contributed by atoms with Crippen LogP contribution in [0.2, 0.25) is 0 Å². The monoisotopic (exact) mass is 305 g/mol. The highest BCUT2D eigenvalue weighted by Gasteiger charge is 2.17. The van der Waals surface area contributed by atoms with Crippen LogP contribution in [-0.4, -0.2) is 10.8 Å². The van der Waals surface area contributed by atoms with Crippen molar-refractivity contribution in [3.8, 4) is 0 Å². The lowest BCUT2D eigenvalue weighted by Crippen LogP contribution is -2.34. The van der Waals surface area contributed by atoms with Gasteiger partial charge in [-0.1, -0.05) is 62.2 Å². The van der Waals surface area contributed by atoms with Crippen LogP contribution in [0.3, 0.4) is 0 Å². The number of hydrogen-bond acceptors (Lipinski definition) is 2. The normalized spacial score (nSPS) is 14.9. The summed E-state index contributed by atoms with van der Waals surface area (Å²) in [5.41, 5.74) is 0.911. The number of rotatable bonds is 3. The molecular weight excluding hydrogens is 300 g/mol. The Morgan fingerprint density at radius 1 is 1.23 bits per heavy atom. The zero-order valence-electron chi connectivity index (χ0n) is 6.61. The van der Waals surface area contributed by atoms with Crippen LogP contribution in [0.1, 0.15) is 10.4 Å². The van der Waals surface area contributed by atoms with Gasteiger partial charge in [0, 0.05) is 0 Å². The standard InChI is InChI=1S/C9H8Br2O2/c10-7(8(11)9(12)13)6-4-2-1-3-5-6/h1-5,7-8H,(H,12,13)/p-1/t7-,8+/m1/s1. The van der Waals surface area contributed by atoms with Crippen LogP contribution in [0.25, 0.3) is 0 Å². The van der Waals surface area contributed by atoms with Crippen molar-refractivity contribution in [1.29, 1.82) is 0 Å². The van der Waals surface area contributed by atoms with E-state index in [4.69, 9.17) is 0 Å². The van der Waals surface area contributed by atoms with Gasteiger partial charge in [0.2, 0.25) is 0 Å². The van der Waals surface area contributed by atoms with E-state index in [1.165, 1.54) is 0 Å². The second kappa shape index (κ2) is 4.77. The molecule has 4 heteroatoms. The summed E-state index contributed by atoms with van der Waals surface area (Å²) in [5.74, 6) is -1.12. The lowest BCUT2D eigenvalue weighted by molar-refractivity contribution is -0.304. The molecule has 1 aromatic carbocycles. The molecule has 0 amide bonds. The first-order valence-electron chi connectivity index (χ1n) is 3.67. The fourth-order valence-electron chi connectivity index (χ4n) is 0.925. The Balaban J connectivity index is 2.79. The number of carboxylic acids is 1. The van der Waals surface area contributed by atoms with Gasteiger partial charge in [-0.05, 0) is 5.56 Å². The molecule has 1 rings (SSSR count). The Kier molecular flexibility index (Phi) is 3.93. The number of carbonyl (C=O) groups excluding carboxylic acids is 1. The largest absolute Gasteiger partial charge is 0.549 e. The Hall–Kier alpha value is -0.350. The van der Waals surface area contributed by atoms with Gasteiger partial charge in [0.25, 0.3) is 0 Å². The zero-order chi connectivity index (χ0) is 9.84. The first-order valence-corrected chi connectivity index (χ1v) is 5.50. The van der Waals surface area contributed by atoms with Gasteiger partial charge < -0.3 is 9.90 Å². The second-order valence-electron chi connectivity index (χ2n) is 2.53. The zero-order valence-corrected chi connectivity index (χ0v) is 9.79. The van der Waals surface area contributed by atoms with Crippen molar-refractivity contribution < 1.29 is 9.90 Å². The molecule has 2 atom stereocenters. The fraction of sp³-hybridized carbons (Fsp3) is 0.222. The molecule has 70 valence electrons. The van der Waals surface area contributed by atoms with Crippen molar-refractivity contribution in [3.63, 3.8) is 0 Å². The Labute approximate surface area is 93.2 Å². The molecule has 0 aliphatic rings. The highest BCUT2D eigenvalue weighted by atomic mass is 79.9. The van der Waals surface area contributed by atoms with E-state index in [-0.39, 0.29) is 4.83 Å². The molecule has 0 heterocycles. The van der Waals surface area contributed by atoms with Crippen molar-refractivity contribution in [3.05, 3.63) is 35.9 Å². The molecule has 0 aliphatic carbocycles. The first kappa shape index (κ1) is 10.7. The van der Waals surface area contributed by atoms with Gasteiger partial charge in [0.15, 0.2) is 0 Å². The minimum Gasteiger partial charge on any atom is -0.549 e. The molecule has 0 fully saturated rings. The van der Waals surface area contributed by atoms with Crippen LogP contribution in [-0.2, 0) is 4.79 Å². The average Bonchev–Trinajstić information content (AvgIpc) is 2.17. The highest BCUT2D eigenvalue weighted by Crippen LogP contribution is 2.30. The molecule has 0 aromatic heterocycles. The number of alkyl halides is 2. The van der Waals surface area contributed by atoms with Gasteiger partial charge in [-0.15, -0.1) is 0 Å². The van der Waals surface area contributed by atoms with E-state index < -0.39 is 10.8 Å². The number of carbonyl (C=O) groups is 1. The van der Waals surface area contributed by atoms with E-state index in [1.807, 2.05) is 30.3 Å². The summed E-state index contributed by atoms with van der Waals surface area (Å²) in [6.07, 6.45) is 0. The molecule has 2 nitrogen and oxygen atoms in total. The lowest BCUT2D eigenvalue weighted by Gasteiger charge is -2.17. The molecule has 13 heavy (non-hydrogen) atoms. The van der Waals surface area contributed by atoms with Gasteiger partial charge in [-0.2, -0.15) is 0 Å². The summed E-state index contributed by atoms with van der Waals surface area (Å²) < 4.78 is 0. The highest BCUT2D eigenvalue weighted by molar-refractivity contribution is 9.12. The van der Waals surface area contributed by atoms with Gasteiger partial charge in [0.1, 0.15) is 0 Å². The SMILES string of the molecule is O=C([O-])[C@@H](Br)[C@H](Br)c1ccccc1. The third kappa shape index (κ3) is 2.81. The van der Waals surface area contributed by atoms with E-state index in [1.54, 1.807) is 0 Å². The second-order valence-corrected chi connectivity index (χ2v) is 4.51. The minimum atomic E-state index is -1.12. The Bertz CT molecular complexity index is 287. The van der Waals surface area contributed by atoms with Crippen LogP contribution in [0, 0.1) is 0 Å². The first-order chi connectivity index (χ1) is 6.13. The summed E-state index contributed by atoms with van der Waals surface area (Å²) in [6.45, 7) is 0. The van der Waals surface area contributed by atoms with E-state index in [0.717, 1.165) is 5.56 Å². The molecule has 1 aromatic rings. The molecule has 0 radical (unpaired) electrons. The Morgan fingerprint density at radius 2 is 1.77 bits per heavy atom. The third-order valence-corrected chi connectivity index (χ3v) is 4.27. The van der Waals surface area contributed by atoms with E-state index >= 15 is 0 Å².